The van der Waals surface area contributed by atoms with Gasteiger partial charge in [-0.05, 0) is 54.7 Å². The van der Waals surface area contributed by atoms with Crippen molar-refractivity contribution >= 4 is 17.3 Å². The lowest BCUT2D eigenvalue weighted by Gasteiger charge is -2.49. The topological polar surface area (TPSA) is 44.8 Å². The summed E-state index contributed by atoms with van der Waals surface area (Å²) in [7, 11) is 1.68. The van der Waals surface area contributed by atoms with E-state index in [0.29, 0.717) is 18.9 Å². The molecular formula is C25H32FN3O2. The number of rotatable bonds is 6. The number of nitrogens with zero attached hydrogens (tertiary/aromatic N) is 2. The third-order valence-corrected chi connectivity index (χ3v) is 6.47. The smallest absolute Gasteiger partial charge is 0.225 e. The first-order chi connectivity index (χ1) is 15.0. The Balaban J connectivity index is 1.60. The molecule has 0 spiro atoms. The molecule has 2 heterocycles. The van der Waals surface area contributed by atoms with E-state index in [0.717, 1.165) is 43.2 Å². The van der Waals surface area contributed by atoms with Gasteiger partial charge in [-0.1, -0.05) is 19.9 Å². The van der Waals surface area contributed by atoms with Crippen LogP contribution in [0.5, 0.6) is 5.75 Å². The highest BCUT2D eigenvalue weighted by Gasteiger charge is 2.41. The van der Waals surface area contributed by atoms with Gasteiger partial charge in [0.1, 0.15) is 11.6 Å². The SMILES string of the molecule is COc1ccc2c(c1)N1CCN(c3ccc(F)cc3)C[C@H]1[C@H](C(=O)NCCC(C)C)C2. The maximum Gasteiger partial charge on any atom is 0.225 e. The van der Waals surface area contributed by atoms with Crippen LogP contribution in [0, 0.1) is 17.7 Å². The van der Waals surface area contributed by atoms with E-state index in [-0.39, 0.29) is 23.7 Å². The number of piperazine rings is 1. The van der Waals surface area contributed by atoms with Gasteiger partial charge >= 0.3 is 0 Å². The number of anilines is 2. The Bertz CT molecular complexity index is 915. The standard InChI is InChI=1S/C25H32FN3O2/c1-17(2)10-11-27-25(30)22-14-18-4-9-21(31-3)15-23(18)29-13-12-28(16-24(22)29)20-7-5-19(26)6-8-20/h4-9,15,17,22,24H,10-14,16H2,1-3H3,(H,27,30)/t22-,24+/m1/s1. The van der Waals surface area contributed by atoms with Gasteiger partial charge in [0.15, 0.2) is 0 Å². The molecule has 31 heavy (non-hydrogen) atoms. The highest BCUT2D eigenvalue weighted by atomic mass is 19.1. The molecule has 0 aliphatic carbocycles. The van der Waals surface area contributed by atoms with Gasteiger partial charge < -0.3 is 19.9 Å². The van der Waals surface area contributed by atoms with Crippen LogP contribution in [-0.4, -0.2) is 45.2 Å². The van der Waals surface area contributed by atoms with E-state index < -0.39 is 0 Å². The van der Waals surface area contributed by atoms with Crippen molar-refractivity contribution in [2.45, 2.75) is 32.7 Å². The molecule has 5 nitrogen and oxygen atoms in total. The van der Waals surface area contributed by atoms with Crippen LogP contribution in [0.25, 0.3) is 0 Å². The van der Waals surface area contributed by atoms with Gasteiger partial charge in [0, 0.05) is 43.6 Å². The molecule has 2 aromatic rings. The first-order valence-electron chi connectivity index (χ1n) is 11.2. The molecule has 0 saturated carbocycles. The molecule has 4 rings (SSSR count). The minimum absolute atomic E-state index is 0.0532. The van der Waals surface area contributed by atoms with E-state index in [1.807, 2.05) is 18.2 Å². The molecule has 0 bridgehead atoms. The molecule has 2 aromatic carbocycles. The minimum Gasteiger partial charge on any atom is -0.497 e. The monoisotopic (exact) mass is 425 g/mol. The van der Waals surface area contributed by atoms with Crippen LogP contribution in [0.1, 0.15) is 25.8 Å². The molecule has 2 aliphatic rings. The summed E-state index contributed by atoms with van der Waals surface area (Å²) in [4.78, 5) is 17.9. The molecule has 1 fully saturated rings. The summed E-state index contributed by atoms with van der Waals surface area (Å²) in [6.45, 7) is 7.39. The average Bonchev–Trinajstić information content (AvgIpc) is 2.78. The summed E-state index contributed by atoms with van der Waals surface area (Å²) >= 11 is 0. The number of methoxy groups -OCH3 is 1. The highest BCUT2D eigenvalue weighted by Crippen LogP contribution is 2.39. The fourth-order valence-corrected chi connectivity index (χ4v) is 4.71. The zero-order valence-corrected chi connectivity index (χ0v) is 18.6. The molecule has 0 radical (unpaired) electrons. The largest absolute Gasteiger partial charge is 0.497 e. The normalized spacial score (nSPS) is 20.3. The van der Waals surface area contributed by atoms with Crippen LogP contribution in [0.4, 0.5) is 15.8 Å². The maximum atomic E-state index is 13.4. The van der Waals surface area contributed by atoms with Crippen LogP contribution in [0.15, 0.2) is 42.5 Å². The fourth-order valence-electron chi connectivity index (χ4n) is 4.71. The summed E-state index contributed by atoms with van der Waals surface area (Å²) in [5, 5.41) is 3.17. The van der Waals surface area contributed by atoms with E-state index >= 15 is 0 Å². The molecule has 1 amide bonds. The number of halogens is 1. The van der Waals surface area contributed by atoms with E-state index in [2.05, 4.69) is 41.1 Å². The Morgan fingerprint density at radius 1 is 1.19 bits per heavy atom. The average molecular weight is 426 g/mol. The number of benzene rings is 2. The van der Waals surface area contributed by atoms with Gasteiger partial charge in [-0.25, -0.2) is 4.39 Å². The second-order valence-electron chi connectivity index (χ2n) is 8.96. The molecule has 0 unspecified atom stereocenters. The van der Waals surface area contributed by atoms with Crippen LogP contribution in [-0.2, 0) is 11.2 Å². The van der Waals surface area contributed by atoms with Crippen LogP contribution < -0.4 is 19.9 Å². The van der Waals surface area contributed by atoms with Gasteiger partial charge in [-0.15, -0.1) is 0 Å². The molecule has 1 N–H and O–H groups in total. The Morgan fingerprint density at radius 2 is 1.97 bits per heavy atom. The molecule has 166 valence electrons. The van der Waals surface area contributed by atoms with Crippen molar-refractivity contribution in [2.75, 3.05) is 43.1 Å². The van der Waals surface area contributed by atoms with E-state index in [1.165, 1.54) is 17.7 Å². The van der Waals surface area contributed by atoms with Crippen molar-refractivity contribution < 1.29 is 13.9 Å². The van der Waals surface area contributed by atoms with Gasteiger partial charge in [0.25, 0.3) is 0 Å². The molecular weight excluding hydrogens is 393 g/mol. The third kappa shape index (κ3) is 4.63. The number of ether oxygens (including phenoxy) is 1. The Labute approximate surface area is 184 Å². The first-order valence-corrected chi connectivity index (χ1v) is 11.2. The molecule has 1 saturated heterocycles. The summed E-state index contributed by atoms with van der Waals surface area (Å²) in [6, 6.07) is 12.8. The van der Waals surface area contributed by atoms with E-state index in [1.54, 1.807) is 7.11 Å². The number of hydrogen-bond acceptors (Lipinski definition) is 4. The zero-order chi connectivity index (χ0) is 22.0. The summed E-state index contributed by atoms with van der Waals surface area (Å²) in [6.07, 6.45) is 1.69. The first kappa shape index (κ1) is 21.5. The summed E-state index contributed by atoms with van der Waals surface area (Å²) < 4.78 is 18.9. The lowest BCUT2D eigenvalue weighted by atomic mass is 9.83. The van der Waals surface area contributed by atoms with Crippen LogP contribution in [0.2, 0.25) is 0 Å². The van der Waals surface area contributed by atoms with Crippen molar-refractivity contribution in [2.24, 2.45) is 11.8 Å². The predicted molar refractivity (Wildman–Crippen MR) is 122 cm³/mol. The van der Waals surface area contributed by atoms with Crippen molar-refractivity contribution in [1.82, 2.24) is 5.32 Å². The van der Waals surface area contributed by atoms with Gasteiger partial charge in [0.05, 0.1) is 19.1 Å². The highest BCUT2D eigenvalue weighted by molar-refractivity contribution is 5.82. The Hall–Kier alpha value is -2.76. The fraction of sp³-hybridized carbons (Fsp3) is 0.480. The quantitative estimate of drug-likeness (QED) is 0.763. The number of carbonyl (C=O) groups is 1. The predicted octanol–water partition coefficient (Wildman–Crippen LogP) is 3.86. The minimum atomic E-state index is -0.233. The Kier molecular flexibility index (Phi) is 6.35. The lowest BCUT2D eigenvalue weighted by Crippen LogP contribution is -2.61. The van der Waals surface area contributed by atoms with Crippen molar-refractivity contribution in [3.8, 4) is 5.75 Å². The third-order valence-electron chi connectivity index (χ3n) is 6.47. The summed E-state index contributed by atoms with van der Waals surface area (Å²) in [5.74, 6) is 1.15. The second-order valence-corrected chi connectivity index (χ2v) is 8.96. The molecule has 6 heteroatoms. The summed E-state index contributed by atoms with van der Waals surface area (Å²) in [5.41, 5.74) is 3.35. The molecule has 2 atom stereocenters. The van der Waals surface area contributed by atoms with E-state index in [9.17, 15) is 9.18 Å². The van der Waals surface area contributed by atoms with Crippen molar-refractivity contribution in [1.29, 1.82) is 0 Å². The lowest BCUT2D eigenvalue weighted by molar-refractivity contribution is -0.125. The van der Waals surface area contributed by atoms with Crippen LogP contribution in [0.3, 0.4) is 0 Å². The van der Waals surface area contributed by atoms with Crippen LogP contribution >= 0.6 is 0 Å². The number of carbonyl (C=O) groups excluding carboxylic acids is 1. The zero-order valence-electron chi connectivity index (χ0n) is 18.6. The molecule has 0 aromatic heterocycles. The maximum absolute atomic E-state index is 13.4. The van der Waals surface area contributed by atoms with Gasteiger partial charge in [-0.2, -0.15) is 0 Å². The second kappa shape index (κ2) is 9.16. The van der Waals surface area contributed by atoms with E-state index in [4.69, 9.17) is 4.74 Å². The number of nitrogens with one attached hydrogen (secondary N) is 1. The number of amides is 1. The number of fused-ring (bicyclic) bond motifs is 3. The van der Waals surface area contributed by atoms with Gasteiger partial charge in [0.2, 0.25) is 5.91 Å². The van der Waals surface area contributed by atoms with Gasteiger partial charge in [-0.3, -0.25) is 4.79 Å². The van der Waals surface area contributed by atoms with Crippen molar-refractivity contribution in [3.05, 3.63) is 53.8 Å². The molecule has 2 aliphatic heterocycles. The Morgan fingerprint density at radius 3 is 2.68 bits per heavy atom. The van der Waals surface area contributed by atoms with Crippen molar-refractivity contribution in [3.63, 3.8) is 0 Å². The number of hydrogen-bond donors (Lipinski definition) is 1.